The molecule has 0 heterocycles. The van der Waals surface area contributed by atoms with Gasteiger partial charge in [-0.3, -0.25) is 9.59 Å². The Morgan fingerprint density at radius 3 is 2.43 bits per heavy atom. The quantitative estimate of drug-likeness (QED) is 0.702. The average Bonchev–Trinajstić information content (AvgIpc) is 3.26. The number of benzene rings is 1. The second-order valence-electron chi connectivity index (χ2n) is 5.13. The van der Waals surface area contributed by atoms with Gasteiger partial charge in [0.05, 0.1) is 18.4 Å². The van der Waals surface area contributed by atoms with Crippen molar-refractivity contribution in [2.45, 2.75) is 13.3 Å². The summed E-state index contributed by atoms with van der Waals surface area (Å²) in [5, 5.41) is 20.5. The van der Waals surface area contributed by atoms with E-state index in [-0.39, 0.29) is 12.5 Å². The molecule has 21 heavy (non-hydrogen) atoms. The van der Waals surface area contributed by atoms with Crippen molar-refractivity contribution in [3.05, 3.63) is 24.3 Å². The molecule has 1 amide bonds. The predicted octanol–water partition coefficient (Wildman–Crippen LogP) is 1.16. The van der Waals surface area contributed by atoms with Crippen LogP contribution in [0.25, 0.3) is 0 Å². The largest absolute Gasteiger partial charge is 0.481 e. The zero-order chi connectivity index (χ0) is 15.4. The molecule has 2 rings (SSSR count). The summed E-state index contributed by atoms with van der Waals surface area (Å²) in [6.45, 7) is 3.44. The molecule has 1 aromatic rings. The van der Waals surface area contributed by atoms with Gasteiger partial charge in [0, 0.05) is 24.5 Å². The van der Waals surface area contributed by atoms with E-state index in [9.17, 15) is 9.59 Å². The van der Waals surface area contributed by atoms with E-state index in [1.807, 2.05) is 24.0 Å². The van der Waals surface area contributed by atoms with Crippen LogP contribution in [-0.2, 0) is 9.59 Å². The number of carboxylic acid groups (broad SMARTS) is 1. The van der Waals surface area contributed by atoms with Crippen LogP contribution in [0.5, 0.6) is 0 Å². The fraction of sp³-hybridized carbons (Fsp3) is 0.467. The molecule has 1 fully saturated rings. The molecule has 0 aliphatic heterocycles. The highest BCUT2D eigenvalue weighted by Crippen LogP contribution is 2.39. The Kier molecular flexibility index (Phi) is 4.80. The number of nitrogens with zero attached hydrogens (tertiary/aromatic N) is 1. The number of amides is 1. The van der Waals surface area contributed by atoms with Crippen molar-refractivity contribution in [1.29, 1.82) is 0 Å². The number of hydrogen-bond acceptors (Lipinski definition) is 4. The summed E-state index contributed by atoms with van der Waals surface area (Å²) in [6, 6.07) is 7.31. The van der Waals surface area contributed by atoms with Gasteiger partial charge in [0.2, 0.25) is 5.91 Å². The molecule has 0 bridgehead atoms. The molecule has 0 saturated heterocycles. The first kappa shape index (κ1) is 15.3. The van der Waals surface area contributed by atoms with Crippen molar-refractivity contribution < 1.29 is 19.8 Å². The maximum absolute atomic E-state index is 11.8. The van der Waals surface area contributed by atoms with E-state index in [4.69, 9.17) is 10.2 Å². The molecule has 1 aliphatic carbocycles. The third kappa shape index (κ3) is 3.72. The number of carbonyl (C=O) groups excluding carboxylic acids is 1. The lowest BCUT2D eigenvalue weighted by atomic mass is 10.2. The Bertz CT molecular complexity index is 515. The van der Waals surface area contributed by atoms with Gasteiger partial charge in [-0.05, 0) is 37.6 Å². The van der Waals surface area contributed by atoms with Gasteiger partial charge in [-0.2, -0.15) is 0 Å². The van der Waals surface area contributed by atoms with Crippen molar-refractivity contribution in [2.24, 2.45) is 11.8 Å². The van der Waals surface area contributed by atoms with Gasteiger partial charge in [0.1, 0.15) is 0 Å². The van der Waals surface area contributed by atoms with Gasteiger partial charge in [-0.1, -0.05) is 0 Å². The molecular weight excluding hydrogens is 272 g/mol. The normalized spacial score (nSPS) is 19.9. The molecular formula is C15H20N2O4. The van der Waals surface area contributed by atoms with Crippen molar-refractivity contribution in [3.8, 4) is 0 Å². The minimum atomic E-state index is -0.909. The highest BCUT2D eigenvalue weighted by molar-refractivity contribution is 5.98. The van der Waals surface area contributed by atoms with Crippen LogP contribution in [0.3, 0.4) is 0 Å². The first-order chi connectivity index (χ1) is 10.1. The first-order valence-electron chi connectivity index (χ1n) is 7.06. The number of aliphatic carboxylic acids is 1. The van der Waals surface area contributed by atoms with Crippen LogP contribution in [-0.4, -0.2) is 41.8 Å². The van der Waals surface area contributed by atoms with Crippen molar-refractivity contribution in [3.63, 3.8) is 0 Å². The van der Waals surface area contributed by atoms with Crippen LogP contribution in [0.4, 0.5) is 11.4 Å². The highest BCUT2D eigenvalue weighted by atomic mass is 16.4. The number of anilines is 2. The van der Waals surface area contributed by atoms with Crippen molar-refractivity contribution >= 4 is 23.3 Å². The lowest BCUT2D eigenvalue weighted by molar-refractivity contribution is -0.139. The van der Waals surface area contributed by atoms with Gasteiger partial charge >= 0.3 is 5.97 Å². The third-order valence-electron chi connectivity index (χ3n) is 3.70. The maximum Gasteiger partial charge on any atom is 0.307 e. The van der Waals surface area contributed by atoms with Crippen LogP contribution >= 0.6 is 0 Å². The van der Waals surface area contributed by atoms with Gasteiger partial charge in [0.15, 0.2) is 0 Å². The summed E-state index contributed by atoms with van der Waals surface area (Å²) in [5.41, 5.74) is 1.62. The smallest absolute Gasteiger partial charge is 0.307 e. The van der Waals surface area contributed by atoms with Crippen LogP contribution in [0, 0.1) is 11.8 Å². The Balaban J connectivity index is 1.93. The zero-order valence-corrected chi connectivity index (χ0v) is 12.0. The van der Waals surface area contributed by atoms with E-state index in [0.717, 1.165) is 12.2 Å². The summed E-state index contributed by atoms with van der Waals surface area (Å²) in [7, 11) is 0. The summed E-state index contributed by atoms with van der Waals surface area (Å²) < 4.78 is 0. The van der Waals surface area contributed by atoms with E-state index in [0.29, 0.717) is 18.7 Å². The van der Waals surface area contributed by atoms with Gasteiger partial charge < -0.3 is 20.4 Å². The minimum Gasteiger partial charge on any atom is -0.481 e. The number of hydrogen-bond donors (Lipinski definition) is 3. The maximum atomic E-state index is 11.8. The molecule has 2 atom stereocenters. The molecule has 0 aromatic heterocycles. The standard InChI is InChI=1S/C15H20N2O4/c1-2-17(7-8-18)11-5-3-10(4-6-11)16-14(19)12-9-13(12)15(20)21/h3-6,12-13,18H,2,7-9H2,1H3,(H,16,19)(H,20,21). The molecule has 0 radical (unpaired) electrons. The SMILES string of the molecule is CCN(CCO)c1ccc(NC(=O)C2CC2C(=O)O)cc1. The molecule has 1 aliphatic rings. The van der Waals surface area contributed by atoms with Crippen molar-refractivity contribution in [1.82, 2.24) is 0 Å². The number of carboxylic acids is 1. The predicted molar refractivity (Wildman–Crippen MR) is 79.3 cm³/mol. The molecule has 1 saturated carbocycles. The zero-order valence-electron chi connectivity index (χ0n) is 12.0. The second kappa shape index (κ2) is 6.58. The van der Waals surface area contributed by atoms with Crippen LogP contribution < -0.4 is 10.2 Å². The van der Waals surface area contributed by atoms with E-state index < -0.39 is 17.8 Å². The number of likely N-dealkylation sites (N-methyl/N-ethyl adjacent to an activating group) is 1. The lowest BCUT2D eigenvalue weighted by Gasteiger charge is -2.22. The fourth-order valence-corrected chi connectivity index (χ4v) is 2.34. The van der Waals surface area contributed by atoms with Gasteiger partial charge in [-0.15, -0.1) is 0 Å². The summed E-state index contributed by atoms with van der Waals surface area (Å²) in [4.78, 5) is 24.6. The van der Waals surface area contributed by atoms with Crippen LogP contribution in [0.1, 0.15) is 13.3 Å². The van der Waals surface area contributed by atoms with Crippen LogP contribution in [0.2, 0.25) is 0 Å². The number of aliphatic hydroxyl groups is 1. The highest BCUT2D eigenvalue weighted by Gasteiger charge is 2.48. The van der Waals surface area contributed by atoms with Crippen LogP contribution in [0.15, 0.2) is 24.3 Å². The molecule has 2 unspecified atom stereocenters. The average molecular weight is 292 g/mol. The summed E-state index contributed by atoms with van der Waals surface area (Å²) >= 11 is 0. The number of aliphatic hydroxyl groups excluding tert-OH is 1. The third-order valence-corrected chi connectivity index (χ3v) is 3.70. The van der Waals surface area contributed by atoms with E-state index >= 15 is 0 Å². The van der Waals surface area contributed by atoms with E-state index in [1.54, 1.807) is 12.1 Å². The monoisotopic (exact) mass is 292 g/mol. The Morgan fingerprint density at radius 2 is 1.95 bits per heavy atom. The minimum absolute atomic E-state index is 0.0879. The number of rotatable bonds is 7. The van der Waals surface area contributed by atoms with E-state index in [2.05, 4.69) is 5.32 Å². The fourth-order valence-electron chi connectivity index (χ4n) is 2.34. The van der Waals surface area contributed by atoms with Gasteiger partial charge in [0.25, 0.3) is 0 Å². The summed E-state index contributed by atoms with van der Waals surface area (Å²) in [6.07, 6.45) is 0.416. The first-order valence-corrected chi connectivity index (χ1v) is 7.06. The van der Waals surface area contributed by atoms with E-state index in [1.165, 1.54) is 0 Å². The van der Waals surface area contributed by atoms with Crippen molar-refractivity contribution in [2.75, 3.05) is 29.9 Å². The molecule has 6 nitrogen and oxygen atoms in total. The molecule has 114 valence electrons. The number of nitrogens with one attached hydrogen (secondary N) is 1. The lowest BCUT2D eigenvalue weighted by Crippen LogP contribution is -2.26. The Hall–Kier alpha value is -2.08. The molecule has 6 heteroatoms. The number of carbonyl (C=O) groups is 2. The Labute approximate surface area is 123 Å². The summed E-state index contributed by atoms with van der Waals surface area (Å²) in [5.74, 6) is -2.10. The topological polar surface area (TPSA) is 89.9 Å². The molecule has 1 aromatic carbocycles. The molecule has 0 spiro atoms. The Morgan fingerprint density at radius 1 is 1.29 bits per heavy atom. The van der Waals surface area contributed by atoms with Gasteiger partial charge in [-0.25, -0.2) is 0 Å². The second-order valence-corrected chi connectivity index (χ2v) is 5.13. The molecule has 3 N–H and O–H groups in total.